The number of benzene rings is 1. The Morgan fingerprint density at radius 2 is 2.14 bits per heavy atom. The van der Waals surface area contributed by atoms with Crippen LogP contribution in [0.1, 0.15) is 6.42 Å². The number of anilines is 1. The highest BCUT2D eigenvalue weighted by molar-refractivity contribution is 9.10. The van der Waals surface area contributed by atoms with Crippen LogP contribution in [0, 0.1) is 21.4 Å². The maximum Gasteiger partial charge on any atom is 0.573 e. The molecule has 0 aliphatic rings. The lowest BCUT2D eigenvalue weighted by Crippen LogP contribution is -2.18. The molecule has 1 aromatic carbocycles. The summed E-state index contributed by atoms with van der Waals surface area (Å²) in [7, 11) is 0. The van der Waals surface area contributed by atoms with Gasteiger partial charge in [-0.25, -0.2) is 0 Å². The largest absolute Gasteiger partial charge is 0.573 e. The van der Waals surface area contributed by atoms with Gasteiger partial charge < -0.3 is 10.1 Å². The normalized spacial score (nSPS) is 10.6. The predicted octanol–water partition coefficient (Wildman–Crippen LogP) is 3.11. The molecule has 21 heavy (non-hydrogen) atoms. The van der Waals surface area contributed by atoms with E-state index in [-0.39, 0.29) is 10.2 Å². The first-order valence-electron chi connectivity index (χ1n) is 5.04. The lowest BCUT2D eigenvalue weighted by atomic mass is 10.2. The molecule has 1 N–H and O–H groups in total. The van der Waals surface area contributed by atoms with E-state index >= 15 is 0 Å². The van der Waals surface area contributed by atoms with Crippen molar-refractivity contribution in [1.82, 2.24) is 0 Å². The van der Waals surface area contributed by atoms with E-state index in [1.807, 2.05) is 0 Å². The first-order chi connectivity index (χ1) is 9.64. The molecule has 0 saturated carbocycles. The first kappa shape index (κ1) is 16.7. The Bertz CT molecular complexity index is 627. The van der Waals surface area contributed by atoms with E-state index in [4.69, 9.17) is 5.26 Å². The maximum absolute atomic E-state index is 12.1. The number of carbonyl (C=O) groups is 1. The summed E-state index contributed by atoms with van der Waals surface area (Å²) in [4.78, 5) is 21.1. The number of nitrogens with one attached hydrogen (secondary N) is 1. The van der Waals surface area contributed by atoms with Crippen LogP contribution in [-0.2, 0) is 4.79 Å². The molecular formula is C10H5BrF3N3O4. The van der Waals surface area contributed by atoms with Gasteiger partial charge in [-0.2, -0.15) is 5.26 Å². The molecule has 0 saturated heterocycles. The minimum atomic E-state index is -5.03. The molecule has 0 atom stereocenters. The molecule has 0 fully saturated rings. The van der Waals surface area contributed by atoms with E-state index in [1.54, 1.807) is 0 Å². The van der Waals surface area contributed by atoms with Crippen molar-refractivity contribution in [1.29, 1.82) is 5.26 Å². The summed E-state index contributed by atoms with van der Waals surface area (Å²) in [5.41, 5.74) is -1.16. The fourth-order valence-electron chi connectivity index (χ4n) is 1.26. The Morgan fingerprint density at radius 1 is 1.52 bits per heavy atom. The van der Waals surface area contributed by atoms with Crippen molar-refractivity contribution in [3.63, 3.8) is 0 Å². The highest BCUT2D eigenvalue weighted by atomic mass is 79.9. The zero-order chi connectivity index (χ0) is 16.2. The van der Waals surface area contributed by atoms with Crippen LogP contribution < -0.4 is 10.1 Å². The van der Waals surface area contributed by atoms with Gasteiger partial charge in [-0.05, 0) is 22.0 Å². The summed E-state index contributed by atoms with van der Waals surface area (Å²) in [5.74, 6) is -1.66. The smallest absolute Gasteiger partial charge is 0.404 e. The van der Waals surface area contributed by atoms with Gasteiger partial charge in [0.2, 0.25) is 5.91 Å². The number of nitro groups is 1. The molecule has 1 aromatic rings. The van der Waals surface area contributed by atoms with Gasteiger partial charge in [-0.1, -0.05) is 0 Å². The number of amides is 1. The summed E-state index contributed by atoms with van der Waals surface area (Å²) >= 11 is 2.75. The van der Waals surface area contributed by atoms with E-state index in [0.29, 0.717) is 6.07 Å². The second-order valence-electron chi connectivity index (χ2n) is 3.49. The van der Waals surface area contributed by atoms with Gasteiger partial charge in [0.25, 0.3) is 5.69 Å². The van der Waals surface area contributed by atoms with Crippen LogP contribution in [0.3, 0.4) is 0 Å². The lowest BCUT2D eigenvalue weighted by Gasteiger charge is -2.12. The number of hydrogen-bond donors (Lipinski definition) is 1. The quantitative estimate of drug-likeness (QED) is 0.650. The van der Waals surface area contributed by atoms with Gasteiger partial charge in [0.15, 0.2) is 5.75 Å². The Labute approximate surface area is 123 Å². The SMILES string of the molecule is N#CCC(=O)Nc1cc(Br)c(OC(F)(F)F)cc1[N+](=O)[O-]. The molecule has 11 heteroatoms. The maximum atomic E-state index is 12.1. The van der Waals surface area contributed by atoms with Crippen LogP contribution in [0.5, 0.6) is 5.75 Å². The molecule has 7 nitrogen and oxygen atoms in total. The van der Waals surface area contributed by atoms with Gasteiger partial charge in [0.1, 0.15) is 12.1 Å². The molecule has 0 aliphatic heterocycles. The van der Waals surface area contributed by atoms with E-state index in [2.05, 4.69) is 26.0 Å². The topological polar surface area (TPSA) is 105 Å². The van der Waals surface area contributed by atoms with E-state index in [0.717, 1.165) is 6.07 Å². The van der Waals surface area contributed by atoms with Crippen LogP contribution in [0.15, 0.2) is 16.6 Å². The van der Waals surface area contributed by atoms with Gasteiger partial charge in [-0.15, -0.1) is 13.2 Å². The molecule has 0 radical (unpaired) electrons. The van der Waals surface area contributed by atoms with Gasteiger partial charge in [0, 0.05) is 0 Å². The van der Waals surface area contributed by atoms with Crippen molar-refractivity contribution in [2.75, 3.05) is 5.32 Å². The fourth-order valence-corrected chi connectivity index (χ4v) is 1.69. The van der Waals surface area contributed by atoms with E-state index in [9.17, 15) is 28.1 Å². The molecule has 112 valence electrons. The van der Waals surface area contributed by atoms with Crippen molar-refractivity contribution in [3.8, 4) is 11.8 Å². The first-order valence-corrected chi connectivity index (χ1v) is 5.84. The molecule has 0 bridgehead atoms. The molecular weight excluding hydrogens is 363 g/mol. The van der Waals surface area contributed by atoms with Crippen LogP contribution in [0.2, 0.25) is 0 Å². The highest BCUT2D eigenvalue weighted by Gasteiger charge is 2.33. The predicted molar refractivity (Wildman–Crippen MR) is 66.3 cm³/mol. The summed E-state index contributed by atoms with van der Waals surface area (Å²) < 4.78 is 39.8. The molecule has 0 unspecified atom stereocenters. The third kappa shape index (κ3) is 4.92. The standard InChI is InChI=1S/C10H5BrF3N3O4/c11-5-3-6(16-9(18)1-2-15)7(17(19)20)4-8(5)21-10(12,13)14/h3-4H,1H2,(H,16,18). The minimum Gasteiger partial charge on any atom is -0.404 e. The molecule has 0 spiro atoms. The monoisotopic (exact) mass is 367 g/mol. The number of rotatable bonds is 4. The number of ether oxygens (including phenoxy) is 1. The van der Waals surface area contributed by atoms with Crippen molar-refractivity contribution in [3.05, 3.63) is 26.7 Å². The highest BCUT2D eigenvalue weighted by Crippen LogP contribution is 2.38. The zero-order valence-electron chi connectivity index (χ0n) is 9.90. The number of alkyl halides is 3. The van der Waals surface area contributed by atoms with E-state index < -0.39 is 35.1 Å². The van der Waals surface area contributed by atoms with Crippen molar-refractivity contribution in [2.24, 2.45) is 0 Å². The second kappa shape index (κ2) is 6.40. The molecule has 0 aliphatic carbocycles. The summed E-state index contributed by atoms with van der Waals surface area (Å²) in [6, 6.07) is 2.92. The number of nitro benzene ring substituents is 1. The zero-order valence-corrected chi connectivity index (χ0v) is 11.5. The van der Waals surface area contributed by atoms with Crippen molar-refractivity contribution < 1.29 is 27.6 Å². The second-order valence-corrected chi connectivity index (χ2v) is 4.34. The Morgan fingerprint density at radius 3 is 2.62 bits per heavy atom. The van der Waals surface area contributed by atoms with Gasteiger partial charge >= 0.3 is 6.36 Å². The number of nitrogens with zero attached hydrogens (tertiary/aromatic N) is 2. The Balaban J connectivity index is 3.22. The van der Waals surface area contributed by atoms with Gasteiger partial charge in [0.05, 0.1) is 21.5 Å². The third-order valence-corrected chi connectivity index (χ3v) is 2.61. The van der Waals surface area contributed by atoms with Crippen LogP contribution in [-0.4, -0.2) is 17.2 Å². The number of hydrogen-bond acceptors (Lipinski definition) is 5. The van der Waals surface area contributed by atoms with Crippen LogP contribution in [0.25, 0.3) is 0 Å². The average Bonchev–Trinajstić information content (AvgIpc) is 2.30. The Hall–Kier alpha value is -2.35. The van der Waals surface area contributed by atoms with Gasteiger partial charge in [-0.3, -0.25) is 14.9 Å². The molecule has 0 aromatic heterocycles. The van der Waals surface area contributed by atoms with Crippen molar-refractivity contribution in [2.45, 2.75) is 12.8 Å². The fraction of sp³-hybridized carbons (Fsp3) is 0.200. The van der Waals surface area contributed by atoms with Crippen LogP contribution >= 0.6 is 15.9 Å². The minimum absolute atomic E-state index is 0.252. The summed E-state index contributed by atoms with van der Waals surface area (Å²) in [5, 5.41) is 21.2. The average molecular weight is 368 g/mol. The third-order valence-electron chi connectivity index (χ3n) is 1.99. The summed E-state index contributed by atoms with van der Waals surface area (Å²) in [6.07, 6.45) is -5.59. The van der Waals surface area contributed by atoms with E-state index in [1.165, 1.54) is 6.07 Å². The number of nitriles is 1. The number of carbonyl (C=O) groups excluding carboxylic acids is 1. The molecule has 1 rings (SSSR count). The van der Waals surface area contributed by atoms with Crippen molar-refractivity contribution >= 4 is 33.2 Å². The lowest BCUT2D eigenvalue weighted by molar-refractivity contribution is -0.384. The van der Waals surface area contributed by atoms with Crippen LogP contribution in [0.4, 0.5) is 24.5 Å². The number of halogens is 4. The molecule has 1 amide bonds. The summed E-state index contributed by atoms with van der Waals surface area (Å²) in [6.45, 7) is 0. The molecule has 0 heterocycles. The Kier molecular flexibility index (Phi) is 5.09.